The van der Waals surface area contributed by atoms with Crippen LogP contribution in [0.5, 0.6) is 0 Å². The van der Waals surface area contributed by atoms with Crippen molar-refractivity contribution in [2.75, 3.05) is 18.2 Å². The molecule has 1 heterocycles. The fourth-order valence-corrected chi connectivity index (χ4v) is 6.68. The molecule has 3 amide bonds. The quantitative estimate of drug-likeness (QED) is 0.580. The van der Waals surface area contributed by atoms with E-state index in [9.17, 15) is 22.8 Å². The number of hydrogen-bond donors (Lipinski definition) is 2. The van der Waals surface area contributed by atoms with Crippen LogP contribution in [0.4, 0.5) is 9.80 Å². The molecule has 1 aliphatic carbocycles. The summed E-state index contributed by atoms with van der Waals surface area (Å²) in [7, 11) is -2.17. The number of anilines is 1. The smallest absolute Gasteiger partial charge is 0.413 e. The summed E-state index contributed by atoms with van der Waals surface area (Å²) in [6.45, 7) is 2.13. The fourth-order valence-electron chi connectivity index (χ4n) is 3.83. The molecule has 33 heavy (non-hydrogen) atoms. The highest BCUT2D eigenvalue weighted by Crippen LogP contribution is 2.39. The second kappa shape index (κ2) is 10.9. The molecule has 0 fully saturated rings. The summed E-state index contributed by atoms with van der Waals surface area (Å²) in [6, 6.07) is 8.90. The first-order valence-electron chi connectivity index (χ1n) is 10.8. The number of rotatable bonds is 8. The predicted molar refractivity (Wildman–Crippen MR) is 127 cm³/mol. The summed E-state index contributed by atoms with van der Waals surface area (Å²) in [5.74, 6) is -0.698. The number of ether oxygens (including phenoxy) is 1. The average molecular weight is 493 g/mol. The first kappa shape index (κ1) is 24.9. The maximum absolute atomic E-state index is 12.7. The summed E-state index contributed by atoms with van der Waals surface area (Å²) < 4.78 is 29.2. The number of carbonyl (C=O) groups excluding carboxylic acids is 3. The molecule has 3 rings (SSSR count). The molecule has 0 aliphatic heterocycles. The van der Waals surface area contributed by atoms with Crippen LogP contribution in [0.25, 0.3) is 0 Å². The van der Waals surface area contributed by atoms with E-state index < -0.39 is 21.8 Å². The third-order valence-electron chi connectivity index (χ3n) is 5.48. The zero-order valence-corrected chi connectivity index (χ0v) is 20.3. The van der Waals surface area contributed by atoms with Crippen LogP contribution in [0.1, 0.15) is 52.5 Å². The van der Waals surface area contributed by atoms with E-state index in [1.54, 1.807) is 24.3 Å². The Morgan fingerprint density at radius 1 is 1.18 bits per heavy atom. The Hall–Kier alpha value is -2.72. The Kier molecular flexibility index (Phi) is 8.25. The number of methoxy groups -OCH3 is 1. The minimum Gasteiger partial charge on any atom is -0.453 e. The van der Waals surface area contributed by atoms with Crippen LogP contribution < -0.4 is 10.6 Å². The third-order valence-corrected chi connectivity index (χ3v) is 8.33. The normalized spacial score (nSPS) is 15.4. The van der Waals surface area contributed by atoms with Crippen molar-refractivity contribution in [3.05, 3.63) is 51.9 Å². The standard InChI is InChI=1S/C23H28N2O6S2/c1-15-10-11-17-18(13-15)32-22(20(17)21(27)25-23(28)31-2)24-19(26)9-6-12-33(29,30)14-16-7-4-3-5-8-16/h3-5,7-8,15H,6,9-14H2,1-2H3,(H,24,26)(H,25,27,28). The maximum atomic E-state index is 12.7. The monoisotopic (exact) mass is 492 g/mol. The first-order chi connectivity index (χ1) is 15.7. The first-order valence-corrected chi connectivity index (χ1v) is 13.4. The van der Waals surface area contributed by atoms with Gasteiger partial charge >= 0.3 is 6.09 Å². The minimum absolute atomic E-state index is 0.00501. The summed E-state index contributed by atoms with van der Waals surface area (Å²) in [5, 5.41) is 5.31. The van der Waals surface area contributed by atoms with Crippen molar-refractivity contribution in [3.8, 4) is 0 Å². The lowest BCUT2D eigenvalue weighted by atomic mass is 9.88. The topological polar surface area (TPSA) is 119 Å². The number of amides is 3. The van der Waals surface area contributed by atoms with Crippen LogP contribution in [0.3, 0.4) is 0 Å². The average Bonchev–Trinajstić information content (AvgIpc) is 3.10. The van der Waals surface area contributed by atoms with E-state index in [0.29, 0.717) is 22.9 Å². The highest BCUT2D eigenvalue weighted by Gasteiger charge is 2.29. The number of sulfone groups is 1. The molecule has 0 radical (unpaired) electrons. The zero-order valence-electron chi connectivity index (χ0n) is 18.7. The molecule has 1 aromatic heterocycles. The number of fused-ring (bicyclic) bond motifs is 1. The molecule has 0 saturated carbocycles. The molecule has 1 atom stereocenters. The number of thiophene rings is 1. The van der Waals surface area contributed by atoms with E-state index in [0.717, 1.165) is 23.3 Å². The lowest BCUT2D eigenvalue weighted by Crippen LogP contribution is -2.31. The van der Waals surface area contributed by atoms with E-state index in [1.165, 1.54) is 18.4 Å². The molecule has 0 bridgehead atoms. The van der Waals surface area contributed by atoms with Gasteiger partial charge in [0.2, 0.25) is 5.91 Å². The Morgan fingerprint density at radius 2 is 1.91 bits per heavy atom. The fraction of sp³-hybridized carbons (Fsp3) is 0.435. The molecule has 0 saturated heterocycles. The van der Waals surface area contributed by atoms with Crippen LogP contribution in [-0.4, -0.2) is 39.2 Å². The van der Waals surface area contributed by atoms with Crippen LogP contribution in [-0.2, 0) is 38.0 Å². The van der Waals surface area contributed by atoms with Crippen molar-refractivity contribution in [1.82, 2.24) is 5.32 Å². The van der Waals surface area contributed by atoms with Crippen molar-refractivity contribution in [3.63, 3.8) is 0 Å². The summed E-state index contributed by atoms with van der Waals surface area (Å²) in [6.07, 6.45) is 1.70. The van der Waals surface area contributed by atoms with Gasteiger partial charge in [-0.2, -0.15) is 0 Å². The molecule has 1 aromatic carbocycles. The van der Waals surface area contributed by atoms with Gasteiger partial charge in [0.25, 0.3) is 5.91 Å². The third kappa shape index (κ3) is 6.88. The van der Waals surface area contributed by atoms with Gasteiger partial charge < -0.3 is 10.1 Å². The second-order valence-corrected chi connectivity index (χ2v) is 11.5. The Bertz CT molecular complexity index is 1130. The van der Waals surface area contributed by atoms with Crippen LogP contribution in [0, 0.1) is 5.92 Å². The molecule has 1 aliphatic rings. The zero-order chi connectivity index (χ0) is 24.0. The number of alkyl carbamates (subject to hydrolysis) is 1. The molecular formula is C23H28N2O6S2. The van der Waals surface area contributed by atoms with Gasteiger partial charge in [0.05, 0.1) is 24.2 Å². The second-order valence-electron chi connectivity index (χ2n) is 8.23. The van der Waals surface area contributed by atoms with Crippen molar-refractivity contribution >= 4 is 44.1 Å². The molecule has 8 nitrogen and oxygen atoms in total. The number of carbonyl (C=O) groups is 3. The van der Waals surface area contributed by atoms with Crippen LogP contribution in [0.2, 0.25) is 0 Å². The van der Waals surface area contributed by atoms with Crippen LogP contribution in [0.15, 0.2) is 30.3 Å². The van der Waals surface area contributed by atoms with Crippen molar-refractivity contribution < 1.29 is 27.5 Å². The molecule has 2 aromatic rings. The van der Waals surface area contributed by atoms with Gasteiger partial charge in [0.1, 0.15) is 5.00 Å². The lowest BCUT2D eigenvalue weighted by Gasteiger charge is -2.18. The molecule has 0 spiro atoms. The number of nitrogens with one attached hydrogen (secondary N) is 2. The van der Waals surface area contributed by atoms with Gasteiger partial charge in [-0.1, -0.05) is 37.3 Å². The molecule has 178 valence electrons. The minimum atomic E-state index is -3.34. The Balaban J connectivity index is 1.65. The maximum Gasteiger partial charge on any atom is 0.413 e. The highest BCUT2D eigenvalue weighted by molar-refractivity contribution is 7.90. The molecule has 2 N–H and O–H groups in total. The molecule has 10 heteroatoms. The van der Waals surface area contributed by atoms with E-state index in [2.05, 4.69) is 22.3 Å². The van der Waals surface area contributed by atoms with Gasteiger partial charge in [-0.05, 0) is 42.7 Å². The summed E-state index contributed by atoms with van der Waals surface area (Å²) in [4.78, 5) is 37.8. The van der Waals surface area contributed by atoms with E-state index in [-0.39, 0.29) is 35.8 Å². The summed E-state index contributed by atoms with van der Waals surface area (Å²) in [5.41, 5.74) is 1.85. The van der Waals surface area contributed by atoms with Crippen molar-refractivity contribution in [1.29, 1.82) is 0 Å². The number of hydrogen-bond acceptors (Lipinski definition) is 7. The largest absolute Gasteiger partial charge is 0.453 e. The van der Waals surface area contributed by atoms with Crippen LogP contribution >= 0.6 is 11.3 Å². The predicted octanol–water partition coefficient (Wildman–Crippen LogP) is 3.70. The van der Waals surface area contributed by atoms with Gasteiger partial charge in [-0.15, -0.1) is 11.3 Å². The number of imide groups is 1. The van der Waals surface area contributed by atoms with E-state index in [1.807, 2.05) is 6.07 Å². The lowest BCUT2D eigenvalue weighted by molar-refractivity contribution is -0.116. The number of benzene rings is 1. The van der Waals surface area contributed by atoms with E-state index in [4.69, 9.17) is 0 Å². The van der Waals surface area contributed by atoms with Crippen molar-refractivity contribution in [2.24, 2.45) is 5.92 Å². The van der Waals surface area contributed by atoms with E-state index >= 15 is 0 Å². The van der Waals surface area contributed by atoms with Gasteiger partial charge in [-0.25, -0.2) is 13.2 Å². The molecular weight excluding hydrogens is 464 g/mol. The van der Waals surface area contributed by atoms with Gasteiger partial charge in [0, 0.05) is 11.3 Å². The Labute approximate surface area is 197 Å². The highest BCUT2D eigenvalue weighted by atomic mass is 32.2. The molecule has 1 unspecified atom stereocenters. The Morgan fingerprint density at radius 3 is 2.61 bits per heavy atom. The SMILES string of the molecule is COC(=O)NC(=O)c1c(NC(=O)CCCS(=O)(=O)Cc2ccccc2)sc2c1CCC(C)C2. The van der Waals surface area contributed by atoms with Crippen molar-refractivity contribution in [2.45, 2.75) is 44.8 Å². The van der Waals surface area contributed by atoms with Gasteiger partial charge in [-0.3, -0.25) is 14.9 Å². The summed E-state index contributed by atoms with van der Waals surface area (Å²) >= 11 is 1.33. The van der Waals surface area contributed by atoms with Gasteiger partial charge in [0.15, 0.2) is 9.84 Å².